The molecule has 1 aromatic heterocycles. The standard InChI is InChI=1S/C24H25ClFN3O2/c1-14(2)13-28(23(30)16-8-9-16)15(3)22-27-21-7-5-4-6-18(21)24(31)29(22)17-10-11-20(26)19(25)12-17/h4-7,10-12,14-16H,8-9,13H2,1-3H3. The maximum atomic E-state index is 13.8. The minimum absolute atomic E-state index is 0.0436. The molecule has 0 N–H and O–H groups in total. The molecule has 7 heteroatoms. The molecule has 162 valence electrons. The summed E-state index contributed by atoms with van der Waals surface area (Å²) in [6.45, 7) is 6.56. The highest BCUT2D eigenvalue weighted by atomic mass is 35.5. The predicted octanol–water partition coefficient (Wildman–Crippen LogP) is 5.13. The van der Waals surface area contributed by atoms with E-state index in [0.29, 0.717) is 29.0 Å². The van der Waals surface area contributed by atoms with E-state index >= 15 is 0 Å². The van der Waals surface area contributed by atoms with Crippen molar-refractivity contribution < 1.29 is 9.18 Å². The molecular weight excluding hydrogens is 417 g/mol. The zero-order valence-corrected chi connectivity index (χ0v) is 18.6. The van der Waals surface area contributed by atoms with Crippen LogP contribution < -0.4 is 5.56 Å². The fourth-order valence-electron chi connectivity index (χ4n) is 3.84. The van der Waals surface area contributed by atoms with E-state index in [2.05, 4.69) is 13.8 Å². The minimum atomic E-state index is -0.563. The second-order valence-corrected chi connectivity index (χ2v) is 8.97. The Morgan fingerprint density at radius 3 is 2.58 bits per heavy atom. The van der Waals surface area contributed by atoms with Gasteiger partial charge in [0, 0.05) is 12.5 Å². The SMILES string of the molecule is CC(C)CN(C(=O)C1CC1)C(C)c1nc2ccccc2c(=O)n1-c1ccc(F)c(Cl)c1. The third kappa shape index (κ3) is 4.22. The summed E-state index contributed by atoms with van der Waals surface area (Å²) >= 11 is 6.02. The van der Waals surface area contributed by atoms with Gasteiger partial charge in [-0.15, -0.1) is 0 Å². The molecule has 1 amide bonds. The number of carbonyl (C=O) groups excluding carboxylic acids is 1. The van der Waals surface area contributed by atoms with Gasteiger partial charge in [-0.2, -0.15) is 0 Å². The number of benzene rings is 2. The van der Waals surface area contributed by atoms with Crippen molar-refractivity contribution in [1.82, 2.24) is 14.5 Å². The monoisotopic (exact) mass is 441 g/mol. The van der Waals surface area contributed by atoms with Crippen molar-refractivity contribution in [3.8, 4) is 5.69 Å². The lowest BCUT2D eigenvalue weighted by molar-refractivity contribution is -0.135. The van der Waals surface area contributed by atoms with Crippen LogP contribution in [0.3, 0.4) is 0 Å². The summed E-state index contributed by atoms with van der Waals surface area (Å²) in [6, 6.07) is 10.8. The quantitative estimate of drug-likeness (QED) is 0.532. The number of para-hydroxylation sites is 1. The van der Waals surface area contributed by atoms with Crippen LogP contribution in [0.5, 0.6) is 0 Å². The smallest absolute Gasteiger partial charge is 0.266 e. The Morgan fingerprint density at radius 1 is 1.23 bits per heavy atom. The van der Waals surface area contributed by atoms with Gasteiger partial charge in [0.25, 0.3) is 5.56 Å². The molecule has 1 aliphatic carbocycles. The summed E-state index contributed by atoms with van der Waals surface area (Å²) < 4.78 is 15.3. The molecule has 0 aliphatic heterocycles. The molecule has 0 saturated heterocycles. The van der Waals surface area contributed by atoms with E-state index in [1.807, 2.05) is 17.9 Å². The molecular formula is C24H25ClFN3O2. The third-order valence-electron chi connectivity index (χ3n) is 5.58. The van der Waals surface area contributed by atoms with Crippen molar-refractivity contribution in [2.75, 3.05) is 6.54 Å². The second kappa shape index (κ2) is 8.42. The maximum absolute atomic E-state index is 13.8. The van der Waals surface area contributed by atoms with Crippen molar-refractivity contribution in [2.45, 2.75) is 39.7 Å². The van der Waals surface area contributed by atoms with Gasteiger partial charge in [0.15, 0.2) is 0 Å². The van der Waals surface area contributed by atoms with E-state index in [0.717, 1.165) is 12.8 Å². The number of halogens is 2. The number of hydrogen-bond donors (Lipinski definition) is 0. The van der Waals surface area contributed by atoms with Crippen molar-refractivity contribution >= 4 is 28.4 Å². The topological polar surface area (TPSA) is 55.2 Å². The Balaban J connectivity index is 1.93. The van der Waals surface area contributed by atoms with Crippen LogP contribution in [-0.2, 0) is 4.79 Å². The average molecular weight is 442 g/mol. The van der Waals surface area contributed by atoms with E-state index in [9.17, 15) is 14.0 Å². The van der Waals surface area contributed by atoms with Crippen molar-refractivity contribution in [3.63, 3.8) is 0 Å². The van der Waals surface area contributed by atoms with E-state index in [-0.39, 0.29) is 28.3 Å². The normalized spacial score (nSPS) is 14.8. The van der Waals surface area contributed by atoms with Crippen molar-refractivity contribution in [2.24, 2.45) is 11.8 Å². The Bertz CT molecular complexity index is 1200. The van der Waals surface area contributed by atoms with Gasteiger partial charge < -0.3 is 4.90 Å². The van der Waals surface area contributed by atoms with Gasteiger partial charge in [0.2, 0.25) is 5.91 Å². The Labute approximate surface area is 185 Å². The van der Waals surface area contributed by atoms with Crippen LogP contribution in [0, 0.1) is 17.7 Å². The van der Waals surface area contributed by atoms with Crippen LogP contribution in [0.25, 0.3) is 16.6 Å². The lowest BCUT2D eigenvalue weighted by atomic mass is 10.1. The molecule has 0 bridgehead atoms. The Kier molecular flexibility index (Phi) is 5.84. The van der Waals surface area contributed by atoms with Crippen LogP contribution in [0.4, 0.5) is 4.39 Å². The van der Waals surface area contributed by atoms with Gasteiger partial charge >= 0.3 is 0 Å². The second-order valence-electron chi connectivity index (χ2n) is 8.56. The van der Waals surface area contributed by atoms with Crippen LogP contribution in [0.2, 0.25) is 5.02 Å². The summed E-state index contributed by atoms with van der Waals surface area (Å²) in [7, 11) is 0. The first-order valence-electron chi connectivity index (χ1n) is 10.6. The molecule has 1 atom stereocenters. The third-order valence-corrected chi connectivity index (χ3v) is 5.87. The van der Waals surface area contributed by atoms with E-state index < -0.39 is 11.9 Å². The van der Waals surface area contributed by atoms with Gasteiger partial charge in [-0.25, -0.2) is 9.37 Å². The first kappa shape index (κ1) is 21.5. The van der Waals surface area contributed by atoms with Crippen LogP contribution in [-0.4, -0.2) is 26.9 Å². The van der Waals surface area contributed by atoms with Gasteiger partial charge in [-0.05, 0) is 56.0 Å². The zero-order chi connectivity index (χ0) is 22.3. The number of fused-ring (bicyclic) bond motifs is 1. The lowest BCUT2D eigenvalue weighted by Crippen LogP contribution is -2.40. The van der Waals surface area contributed by atoms with Gasteiger partial charge in [-0.1, -0.05) is 37.6 Å². The molecule has 4 rings (SSSR count). The van der Waals surface area contributed by atoms with Crippen LogP contribution >= 0.6 is 11.6 Å². The fraction of sp³-hybridized carbons (Fsp3) is 0.375. The molecule has 5 nitrogen and oxygen atoms in total. The molecule has 0 spiro atoms. The van der Waals surface area contributed by atoms with E-state index in [1.54, 1.807) is 18.2 Å². The number of aromatic nitrogens is 2. The molecule has 1 unspecified atom stereocenters. The van der Waals surface area contributed by atoms with E-state index in [1.165, 1.54) is 22.8 Å². The Hall–Kier alpha value is -2.73. The molecule has 1 fully saturated rings. The molecule has 1 saturated carbocycles. The fourth-order valence-corrected chi connectivity index (χ4v) is 4.02. The summed E-state index contributed by atoms with van der Waals surface area (Å²) in [6.07, 6.45) is 1.79. The predicted molar refractivity (Wildman–Crippen MR) is 120 cm³/mol. The summed E-state index contributed by atoms with van der Waals surface area (Å²) in [4.78, 5) is 33.2. The Morgan fingerprint density at radius 2 is 1.94 bits per heavy atom. The highest BCUT2D eigenvalue weighted by Crippen LogP contribution is 2.34. The van der Waals surface area contributed by atoms with Gasteiger partial charge in [0.1, 0.15) is 11.6 Å². The minimum Gasteiger partial charge on any atom is -0.332 e. The summed E-state index contributed by atoms with van der Waals surface area (Å²) in [5, 5.41) is 0.368. The number of carbonyl (C=O) groups is 1. The lowest BCUT2D eigenvalue weighted by Gasteiger charge is -2.32. The number of nitrogens with zero attached hydrogens (tertiary/aromatic N) is 3. The summed E-state index contributed by atoms with van der Waals surface area (Å²) in [5.74, 6) is 0.258. The molecule has 1 heterocycles. The largest absolute Gasteiger partial charge is 0.332 e. The zero-order valence-electron chi connectivity index (χ0n) is 17.8. The van der Waals surface area contributed by atoms with Gasteiger partial charge in [-0.3, -0.25) is 14.2 Å². The molecule has 1 aliphatic rings. The van der Waals surface area contributed by atoms with Crippen molar-refractivity contribution in [1.29, 1.82) is 0 Å². The average Bonchev–Trinajstić information content (AvgIpc) is 3.58. The molecule has 31 heavy (non-hydrogen) atoms. The highest BCUT2D eigenvalue weighted by molar-refractivity contribution is 6.30. The van der Waals surface area contributed by atoms with E-state index in [4.69, 9.17) is 16.6 Å². The first-order chi connectivity index (χ1) is 14.8. The molecule has 0 radical (unpaired) electrons. The van der Waals surface area contributed by atoms with Crippen LogP contribution in [0.1, 0.15) is 45.5 Å². The first-order valence-corrected chi connectivity index (χ1v) is 10.9. The van der Waals surface area contributed by atoms with Crippen molar-refractivity contribution in [3.05, 3.63) is 69.5 Å². The van der Waals surface area contributed by atoms with Crippen LogP contribution in [0.15, 0.2) is 47.3 Å². The molecule has 3 aromatic rings. The highest BCUT2D eigenvalue weighted by Gasteiger charge is 2.37. The molecule has 2 aromatic carbocycles. The number of rotatable bonds is 6. The summed E-state index contributed by atoms with van der Waals surface area (Å²) in [5.41, 5.74) is 0.695. The maximum Gasteiger partial charge on any atom is 0.266 e. The number of amides is 1. The number of hydrogen-bond acceptors (Lipinski definition) is 3. The van der Waals surface area contributed by atoms with Gasteiger partial charge in [0.05, 0.1) is 27.7 Å².